The third-order valence-corrected chi connectivity index (χ3v) is 2.35. The van der Waals surface area contributed by atoms with Crippen molar-refractivity contribution in [1.29, 1.82) is 0 Å². The predicted octanol–water partition coefficient (Wildman–Crippen LogP) is 1.50. The molecule has 0 saturated heterocycles. The van der Waals surface area contributed by atoms with Crippen LogP contribution in [0.5, 0.6) is 0 Å². The maximum absolute atomic E-state index is 11.3. The van der Waals surface area contributed by atoms with Gasteiger partial charge in [0.15, 0.2) is 0 Å². The minimum absolute atomic E-state index is 0.00273. The highest BCUT2D eigenvalue weighted by molar-refractivity contribution is 5.73. The molecule has 0 aliphatic heterocycles. The molecule has 0 atom stereocenters. The summed E-state index contributed by atoms with van der Waals surface area (Å²) in [7, 11) is 0. The Morgan fingerprint density at radius 3 is 2.62 bits per heavy atom. The number of esters is 1. The van der Waals surface area contributed by atoms with Crippen molar-refractivity contribution in [1.82, 2.24) is 0 Å². The summed E-state index contributed by atoms with van der Waals surface area (Å²) in [5, 5.41) is 0. The third kappa shape index (κ3) is 2.71. The van der Waals surface area contributed by atoms with Crippen LogP contribution in [-0.4, -0.2) is 18.5 Å². The first-order valence-electron chi connectivity index (χ1n) is 4.67. The summed E-state index contributed by atoms with van der Waals surface area (Å²) in [6, 6.07) is 0. The van der Waals surface area contributed by atoms with Crippen LogP contribution in [0.1, 0.15) is 32.6 Å². The van der Waals surface area contributed by atoms with E-state index in [2.05, 4.69) is 0 Å². The lowest BCUT2D eigenvalue weighted by atomic mass is 9.86. The molecule has 0 N–H and O–H groups in total. The Labute approximate surface area is 77.8 Å². The molecular formula is C10H14O3. The lowest BCUT2D eigenvalue weighted by Gasteiger charge is -2.20. The maximum atomic E-state index is 11.3. The van der Waals surface area contributed by atoms with Gasteiger partial charge in [-0.05, 0) is 32.6 Å². The predicted molar refractivity (Wildman–Crippen MR) is 47.8 cm³/mol. The van der Waals surface area contributed by atoms with Crippen LogP contribution in [0.25, 0.3) is 0 Å². The van der Waals surface area contributed by atoms with Crippen molar-refractivity contribution in [2.45, 2.75) is 32.6 Å². The molecule has 1 saturated carbocycles. The maximum Gasteiger partial charge on any atom is 0.308 e. The van der Waals surface area contributed by atoms with Gasteiger partial charge in [0, 0.05) is 5.57 Å². The molecule has 1 rings (SSSR count). The molecule has 0 radical (unpaired) electrons. The minimum atomic E-state index is -0.118. The van der Waals surface area contributed by atoms with E-state index in [0.29, 0.717) is 19.4 Å². The van der Waals surface area contributed by atoms with Gasteiger partial charge in [0.2, 0.25) is 0 Å². The van der Waals surface area contributed by atoms with Gasteiger partial charge in [0.1, 0.15) is 5.94 Å². The zero-order valence-electron chi connectivity index (χ0n) is 7.84. The van der Waals surface area contributed by atoms with E-state index in [0.717, 1.165) is 18.4 Å². The van der Waals surface area contributed by atoms with E-state index in [1.807, 2.05) is 5.94 Å². The van der Waals surface area contributed by atoms with Crippen LogP contribution in [0.4, 0.5) is 0 Å². The molecule has 3 heteroatoms. The zero-order valence-corrected chi connectivity index (χ0v) is 7.84. The lowest BCUT2D eigenvalue weighted by molar-refractivity contribution is -0.148. The molecule has 0 heterocycles. The van der Waals surface area contributed by atoms with E-state index < -0.39 is 0 Å². The number of hydrogen-bond acceptors (Lipinski definition) is 3. The summed E-state index contributed by atoms with van der Waals surface area (Å²) < 4.78 is 4.90. The van der Waals surface area contributed by atoms with Crippen molar-refractivity contribution in [2.75, 3.05) is 6.61 Å². The van der Waals surface area contributed by atoms with Gasteiger partial charge >= 0.3 is 5.97 Å². The Morgan fingerprint density at radius 1 is 1.54 bits per heavy atom. The van der Waals surface area contributed by atoms with Crippen molar-refractivity contribution in [3.8, 4) is 0 Å². The van der Waals surface area contributed by atoms with Crippen LogP contribution < -0.4 is 0 Å². The number of carbonyl (C=O) groups is 1. The standard InChI is InChI=1S/C10H14O3/c1-2-13-10(12)9-5-3-8(7-11)4-6-9/h9H,2-6H2,1H3. The first-order chi connectivity index (χ1) is 6.27. The van der Waals surface area contributed by atoms with Crippen LogP contribution in [0.15, 0.2) is 5.57 Å². The van der Waals surface area contributed by atoms with Gasteiger partial charge in [0.25, 0.3) is 0 Å². The van der Waals surface area contributed by atoms with E-state index in [1.165, 1.54) is 0 Å². The fourth-order valence-electron chi connectivity index (χ4n) is 1.56. The molecule has 0 aromatic heterocycles. The molecule has 0 bridgehead atoms. The second-order valence-corrected chi connectivity index (χ2v) is 3.23. The average molecular weight is 182 g/mol. The van der Waals surface area contributed by atoms with Gasteiger partial charge in [-0.1, -0.05) is 0 Å². The van der Waals surface area contributed by atoms with Gasteiger partial charge in [-0.15, -0.1) is 0 Å². The number of hydrogen-bond donors (Lipinski definition) is 0. The Kier molecular flexibility index (Phi) is 3.71. The molecule has 0 aromatic rings. The lowest BCUT2D eigenvalue weighted by Crippen LogP contribution is -2.21. The van der Waals surface area contributed by atoms with Gasteiger partial charge < -0.3 is 4.74 Å². The van der Waals surface area contributed by atoms with Gasteiger partial charge in [-0.2, -0.15) is 0 Å². The highest BCUT2D eigenvalue weighted by Crippen LogP contribution is 2.27. The number of ether oxygens (including phenoxy) is 1. The van der Waals surface area contributed by atoms with Crippen molar-refractivity contribution in [2.24, 2.45) is 5.92 Å². The van der Waals surface area contributed by atoms with E-state index in [9.17, 15) is 9.59 Å². The zero-order chi connectivity index (χ0) is 9.68. The second-order valence-electron chi connectivity index (χ2n) is 3.23. The van der Waals surface area contributed by atoms with Crippen molar-refractivity contribution in [3.63, 3.8) is 0 Å². The Balaban J connectivity index is 2.40. The topological polar surface area (TPSA) is 43.4 Å². The van der Waals surface area contributed by atoms with Crippen molar-refractivity contribution < 1.29 is 14.3 Å². The summed E-state index contributed by atoms with van der Waals surface area (Å²) in [5.74, 6) is 1.79. The smallest absolute Gasteiger partial charge is 0.308 e. The first-order valence-corrected chi connectivity index (χ1v) is 4.67. The van der Waals surface area contributed by atoms with E-state index in [1.54, 1.807) is 6.92 Å². The first kappa shape index (κ1) is 10.0. The van der Waals surface area contributed by atoms with Crippen molar-refractivity contribution >= 4 is 11.9 Å². The second kappa shape index (κ2) is 4.83. The highest BCUT2D eigenvalue weighted by Gasteiger charge is 2.24. The summed E-state index contributed by atoms with van der Waals surface area (Å²) in [5.41, 5.74) is 0.806. The number of rotatable bonds is 2. The van der Waals surface area contributed by atoms with E-state index >= 15 is 0 Å². The Morgan fingerprint density at radius 2 is 2.15 bits per heavy atom. The molecule has 1 fully saturated rings. The summed E-state index contributed by atoms with van der Waals surface area (Å²) in [6.45, 7) is 2.24. The quantitative estimate of drug-likeness (QED) is 0.480. The van der Waals surface area contributed by atoms with E-state index in [-0.39, 0.29) is 11.9 Å². The molecule has 0 unspecified atom stereocenters. The largest absolute Gasteiger partial charge is 0.466 e. The summed E-state index contributed by atoms with van der Waals surface area (Å²) in [6.07, 6.45) is 2.88. The average Bonchev–Trinajstić information content (AvgIpc) is 2.18. The fourth-order valence-corrected chi connectivity index (χ4v) is 1.56. The molecule has 0 spiro atoms. The number of allylic oxidation sites excluding steroid dienone is 1. The molecule has 72 valence electrons. The van der Waals surface area contributed by atoms with Crippen LogP contribution in [0, 0.1) is 5.92 Å². The Bertz CT molecular complexity index is 229. The van der Waals surface area contributed by atoms with Crippen LogP contribution in [-0.2, 0) is 14.3 Å². The number of carbonyl (C=O) groups excluding carboxylic acids is 2. The van der Waals surface area contributed by atoms with E-state index in [4.69, 9.17) is 4.74 Å². The molecule has 1 aliphatic carbocycles. The molecule has 0 amide bonds. The molecule has 3 nitrogen and oxygen atoms in total. The summed E-state index contributed by atoms with van der Waals surface area (Å²) in [4.78, 5) is 21.5. The molecular weight excluding hydrogens is 168 g/mol. The molecule has 13 heavy (non-hydrogen) atoms. The van der Waals surface area contributed by atoms with Crippen LogP contribution in [0.3, 0.4) is 0 Å². The Hall–Kier alpha value is -1.08. The van der Waals surface area contributed by atoms with Crippen molar-refractivity contribution in [3.05, 3.63) is 5.57 Å². The normalized spacial score (nSPS) is 22.2. The van der Waals surface area contributed by atoms with Gasteiger partial charge in [-0.25, -0.2) is 4.79 Å². The fraction of sp³-hybridized carbons (Fsp3) is 0.700. The molecule has 0 aromatic carbocycles. The van der Waals surface area contributed by atoms with Gasteiger partial charge in [-0.3, -0.25) is 4.79 Å². The van der Waals surface area contributed by atoms with Crippen LogP contribution >= 0.6 is 0 Å². The minimum Gasteiger partial charge on any atom is -0.466 e. The third-order valence-electron chi connectivity index (χ3n) is 2.35. The SMILES string of the molecule is CCOC(=O)C1CCC(=C=O)CC1. The molecule has 1 aliphatic rings. The highest BCUT2D eigenvalue weighted by atomic mass is 16.5. The van der Waals surface area contributed by atoms with Gasteiger partial charge in [0.05, 0.1) is 12.5 Å². The van der Waals surface area contributed by atoms with Crippen LogP contribution in [0.2, 0.25) is 0 Å². The summed E-state index contributed by atoms with van der Waals surface area (Å²) >= 11 is 0. The monoisotopic (exact) mass is 182 g/mol.